The van der Waals surface area contributed by atoms with E-state index in [0.29, 0.717) is 11.1 Å². The Labute approximate surface area is 154 Å². The Morgan fingerprint density at radius 3 is 2.62 bits per heavy atom. The molecule has 2 aromatic carbocycles. The van der Waals surface area contributed by atoms with Crippen LogP contribution in [0.1, 0.15) is 15.9 Å². The SMILES string of the molecule is COc1cc(/C=C2\SC(=O)N(CC(=O)c3ccccc3)C2=O)ccc1O. The van der Waals surface area contributed by atoms with E-state index in [1.165, 1.54) is 19.3 Å². The summed E-state index contributed by atoms with van der Waals surface area (Å²) in [5.41, 5.74) is 1.04. The predicted octanol–water partition coefficient (Wildman–Crippen LogP) is 3.32. The van der Waals surface area contributed by atoms with Gasteiger partial charge in [0.05, 0.1) is 18.6 Å². The molecular formula is C19H15NO5S. The third-order valence-electron chi connectivity index (χ3n) is 3.77. The third-order valence-corrected chi connectivity index (χ3v) is 4.68. The van der Waals surface area contributed by atoms with Crippen LogP contribution in [0.3, 0.4) is 0 Å². The van der Waals surface area contributed by atoms with Gasteiger partial charge >= 0.3 is 0 Å². The lowest BCUT2D eigenvalue weighted by atomic mass is 10.1. The lowest BCUT2D eigenvalue weighted by molar-refractivity contribution is -0.122. The average Bonchev–Trinajstić information content (AvgIpc) is 2.91. The zero-order valence-corrected chi connectivity index (χ0v) is 14.7. The van der Waals surface area contributed by atoms with E-state index in [1.807, 2.05) is 0 Å². The second kappa shape index (κ2) is 7.45. The molecule has 1 aliphatic rings. The minimum Gasteiger partial charge on any atom is -0.504 e. The van der Waals surface area contributed by atoms with Gasteiger partial charge in [0.2, 0.25) is 0 Å². The summed E-state index contributed by atoms with van der Waals surface area (Å²) in [5.74, 6) is -0.583. The molecule has 0 atom stereocenters. The van der Waals surface area contributed by atoms with Crippen LogP contribution in [0.4, 0.5) is 4.79 Å². The molecule has 0 bridgehead atoms. The van der Waals surface area contributed by atoms with Gasteiger partial charge in [0.15, 0.2) is 17.3 Å². The maximum atomic E-state index is 12.5. The van der Waals surface area contributed by atoms with E-state index in [0.717, 1.165) is 16.7 Å². The molecular weight excluding hydrogens is 354 g/mol. The normalized spacial score (nSPS) is 15.6. The van der Waals surface area contributed by atoms with Gasteiger partial charge in [-0.15, -0.1) is 0 Å². The lowest BCUT2D eigenvalue weighted by Gasteiger charge is -2.11. The number of aromatic hydroxyl groups is 1. The fourth-order valence-electron chi connectivity index (χ4n) is 2.43. The maximum absolute atomic E-state index is 12.5. The second-order valence-electron chi connectivity index (χ2n) is 5.49. The van der Waals surface area contributed by atoms with Crippen molar-refractivity contribution in [3.63, 3.8) is 0 Å². The molecule has 0 radical (unpaired) electrons. The molecule has 1 aliphatic heterocycles. The molecule has 1 heterocycles. The van der Waals surface area contributed by atoms with Crippen molar-refractivity contribution in [3.8, 4) is 11.5 Å². The molecule has 0 unspecified atom stereocenters. The number of Topliss-reactive ketones (excluding diaryl/α,β-unsaturated/α-hetero) is 1. The fraction of sp³-hybridized carbons (Fsp3) is 0.105. The number of nitrogens with zero attached hydrogens (tertiary/aromatic N) is 1. The van der Waals surface area contributed by atoms with Gasteiger partial charge in [0, 0.05) is 5.56 Å². The molecule has 0 spiro atoms. The summed E-state index contributed by atoms with van der Waals surface area (Å²) in [5, 5.41) is 9.13. The number of hydrogen-bond acceptors (Lipinski definition) is 6. The Kier molecular flexibility index (Phi) is 5.09. The first kappa shape index (κ1) is 17.8. The first-order valence-electron chi connectivity index (χ1n) is 7.70. The van der Waals surface area contributed by atoms with Gasteiger partial charge in [-0.05, 0) is 35.5 Å². The van der Waals surface area contributed by atoms with Crippen LogP contribution in [0.5, 0.6) is 11.5 Å². The summed E-state index contributed by atoms with van der Waals surface area (Å²) >= 11 is 0.774. The number of phenolic OH excluding ortho intramolecular Hbond substituents is 1. The van der Waals surface area contributed by atoms with Crippen molar-refractivity contribution in [2.75, 3.05) is 13.7 Å². The quantitative estimate of drug-likeness (QED) is 0.643. The van der Waals surface area contributed by atoms with Crippen molar-refractivity contribution in [1.82, 2.24) is 4.90 Å². The number of ether oxygens (including phenoxy) is 1. The Bertz CT molecular complexity index is 907. The molecule has 3 rings (SSSR count). The summed E-state index contributed by atoms with van der Waals surface area (Å²) in [7, 11) is 1.42. The zero-order valence-electron chi connectivity index (χ0n) is 13.8. The van der Waals surface area contributed by atoms with E-state index >= 15 is 0 Å². The first-order valence-corrected chi connectivity index (χ1v) is 8.52. The van der Waals surface area contributed by atoms with Gasteiger partial charge in [-0.25, -0.2) is 0 Å². The molecule has 0 aromatic heterocycles. The Morgan fingerprint density at radius 1 is 1.19 bits per heavy atom. The van der Waals surface area contributed by atoms with E-state index in [1.54, 1.807) is 42.5 Å². The third kappa shape index (κ3) is 3.62. The van der Waals surface area contributed by atoms with Crippen molar-refractivity contribution < 1.29 is 24.2 Å². The van der Waals surface area contributed by atoms with Crippen molar-refractivity contribution >= 4 is 34.8 Å². The van der Waals surface area contributed by atoms with Crippen LogP contribution in [-0.4, -0.2) is 40.6 Å². The van der Waals surface area contributed by atoms with E-state index in [4.69, 9.17) is 4.74 Å². The van der Waals surface area contributed by atoms with Crippen molar-refractivity contribution in [2.45, 2.75) is 0 Å². The number of ketones is 1. The monoisotopic (exact) mass is 369 g/mol. The number of phenols is 1. The van der Waals surface area contributed by atoms with Gasteiger partial charge in [-0.1, -0.05) is 36.4 Å². The summed E-state index contributed by atoms with van der Waals surface area (Å²) in [6.07, 6.45) is 1.53. The molecule has 0 aliphatic carbocycles. The molecule has 7 heteroatoms. The Morgan fingerprint density at radius 2 is 1.92 bits per heavy atom. The summed E-state index contributed by atoms with van der Waals surface area (Å²) < 4.78 is 5.03. The van der Waals surface area contributed by atoms with Gasteiger partial charge < -0.3 is 9.84 Å². The second-order valence-corrected chi connectivity index (χ2v) is 6.48. The van der Waals surface area contributed by atoms with Crippen LogP contribution < -0.4 is 4.74 Å². The number of benzene rings is 2. The lowest BCUT2D eigenvalue weighted by Crippen LogP contribution is -2.33. The number of carbonyl (C=O) groups excluding carboxylic acids is 3. The maximum Gasteiger partial charge on any atom is 0.293 e. The number of rotatable bonds is 5. The fourth-order valence-corrected chi connectivity index (χ4v) is 3.27. The highest BCUT2D eigenvalue weighted by molar-refractivity contribution is 8.18. The van der Waals surface area contributed by atoms with E-state index in [9.17, 15) is 19.5 Å². The minimum atomic E-state index is -0.517. The van der Waals surface area contributed by atoms with Crippen LogP contribution in [-0.2, 0) is 4.79 Å². The largest absolute Gasteiger partial charge is 0.504 e. The van der Waals surface area contributed by atoms with E-state index in [-0.39, 0.29) is 28.7 Å². The van der Waals surface area contributed by atoms with E-state index in [2.05, 4.69) is 0 Å². The molecule has 1 fully saturated rings. The molecule has 26 heavy (non-hydrogen) atoms. The number of hydrogen-bond donors (Lipinski definition) is 1. The van der Waals surface area contributed by atoms with Gasteiger partial charge in [0.1, 0.15) is 0 Å². The van der Waals surface area contributed by atoms with Crippen LogP contribution in [0.2, 0.25) is 0 Å². The van der Waals surface area contributed by atoms with Gasteiger partial charge in [0.25, 0.3) is 11.1 Å². The van der Waals surface area contributed by atoms with Gasteiger partial charge in [-0.3, -0.25) is 19.3 Å². The number of carbonyl (C=O) groups is 3. The first-order chi connectivity index (χ1) is 12.5. The highest BCUT2D eigenvalue weighted by Crippen LogP contribution is 2.34. The van der Waals surface area contributed by atoms with Crippen LogP contribution in [0.15, 0.2) is 53.4 Å². The standard InChI is InChI=1S/C19H15NO5S/c1-25-16-9-12(7-8-14(16)21)10-17-18(23)20(19(24)26-17)11-15(22)13-5-3-2-4-6-13/h2-10,21H,11H2,1H3/b17-10-. The highest BCUT2D eigenvalue weighted by atomic mass is 32.2. The Hall–Kier alpha value is -3.06. The Balaban J connectivity index is 1.79. The van der Waals surface area contributed by atoms with Crippen molar-refractivity contribution in [1.29, 1.82) is 0 Å². The molecule has 2 aromatic rings. The predicted molar refractivity (Wildman–Crippen MR) is 98.1 cm³/mol. The molecule has 2 amide bonds. The van der Waals surface area contributed by atoms with Crippen molar-refractivity contribution in [2.24, 2.45) is 0 Å². The number of thioether (sulfide) groups is 1. The highest BCUT2D eigenvalue weighted by Gasteiger charge is 2.36. The molecule has 1 saturated heterocycles. The zero-order chi connectivity index (χ0) is 18.7. The molecule has 6 nitrogen and oxygen atoms in total. The molecule has 0 saturated carbocycles. The van der Waals surface area contributed by atoms with E-state index < -0.39 is 11.1 Å². The van der Waals surface area contributed by atoms with Crippen LogP contribution in [0.25, 0.3) is 6.08 Å². The minimum absolute atomic E-state index is 0.0220. The van der Waals surface area contributed by atoms with Crippen molar-refractivity contribution in [3.05, 3.63) is 64.6 Å². The summed E-state index contributed by atoms with van der Waals surface area (Å²) in [6, 6.07) is 13.1. The number of methoxy groups -OCH3 is 1. The molecule has 1 N–H and O–H groups in total. The average molecular weight is 369 g/mol. The summed E-state index contributed by atoms with van der Waals surface area (Å²) in [4.78, 5) is 38.0. The number of imide groups is 1. The topological polar surface area (TPSA) is 83.9 Å². The smallest absolute Gasteiger partial charge is 0.293 e. The number of amides is 2. The van der Waals surface area contributed by atoms with Gasteiger partial charge in [-0.2, -0.15) is 0 Å². The van der Waals surface area contributed by atoms with Crippen LogP contribution >= 0.6 is 11.8 Å². The van der Waals surface area contributed by atoms with Crippen LogP contribution in [0, 0.1) is 0 Å². The molecule has 132 valence electrons. The summed E-state index contributed by atoms with van der Waals surface area (Å²) in [6.45, 7) is -0.301.